The van der Waals surface area contributed by atoms with E-state index in [-0.39, 0.29) is 23.4 Å². The molecule has 0 aliphatic carbocycles. The summed E-state index contributed by atoms with van der Waals surface area (Å²) in [6.07, 6.45) is 0. The van der Waals surface area contributed by atoms with Gasteiger partial charge in [-0.1, -0.05) is 16.8 Å². The van der Waals surface area contributed by atoms with Crippen LogP contribution in [0.1, 0.15) is 26.7 Å². The average Bonchev–Trinajstić information content (AvgIpc) is 3.33. The normalized spacial score (nSPS) is 11.1. The van der Waals surface area contributed by atoms with Gasteiger partial charge in [0.2, 0.25) is 5.82 Å². The van der Waals surface area contributed by atoms with Gasteiger partial charge in [-0.3, -0.25) is 0 Å². The molecule has 0 aliphatic heterocycles. The minimum Gasteiger partial charge on any atom is -0.478 e. The average molecular weight is 404 g/mol. The minimum atomic E-state index is -1.23. The Bertz CT molecular complexity index is 1190. The predicted molar refractivity (Wildman–Crippen MR) is 97.6 cm³/mol. The van der Waals surface area contributed by atoms with Crippen LogP contribution in [0.2, 0.25) is 4.34 Å². The van der Waals surface area contributed by atoms with Crippen molar-refractivity contribution in [3.63, 3.8) is 0 Å². The van der Waals surface area contributed by atoms with E-state index >= 15 is 0 Å². The van der Waals surface area contributed by atoms with Gasteiger partial charge < -0.3 is 19.3 Å². The fraction of sp³-hybridized carbons (Fsp3) is 0.0588. The van der Waals surface area contributed by atoms with E-state index < -0.39 is 11.9 Å². The van der Waals surface area contributed by atoms with E-state index in [4.69, 9.17) is 21.2 Å². The van der Waals surface area contributed by atoms with Crippen LogP contribution in [-0.4, -0.2) is 36.9 Å². The van der Waals surface area contributed by atoms with Gasteiger partial charge in [0.05, 0.1) is 32.4 Å². The van der Waals surface area contributed by atoms with Gasteiger partial charge in [-0.2, -0.15) is 0 Å². The Balaban J connectivity index is 1.74. The van der Waals surface area contributed by atoms with Crippen molar-refractivity contribution in [2.24, 2.45) is 0 Å². The highest BCUT2D eigenvalue weighted by Crippen LogP contribution is 2.31. The number of hydrogen-bond acceptors (Lipinski definition) is 6. The van der Waals surface area contributed by atoms with Gasteiger partial charge in [-0.15, -0.1) is 11.3 Å². The highest BCUT2D eigenvalue weighted by molar-refractivity contribution is 7.19. The monoisotopic (exact) mass is 403 g/mol. The molecular weight excluding hydrogens is 394 g/mol. The third-order valence-electron chi connectivity index (χ3n) is 3.88. The number of imidazole rings is 1. The first-order valence-corrected chi connectivity index (χ1v) is 8.80. The fourth-order valence-corrected chi connectivity index (χ4v) is 3.69. The van der Waals surface area contributed by atoms with Crippen LogP contribution in [0.5, 0.6) is 0 Å². The SMILES string of the molecule is O=C(O)c1ccc2c(c1)nc(C(=O)O)n2Cc1cc(-c2ccc(Cl)s2)on1. The molecule has 4 rings (SSSR count). The molecule has 0 unspecified atom stereocenters. The maximum Gasteiger partial charge on any atom is 0.372 e. The number of halogens is 1. The van der Waals surface area contributed by atoms with E-state index in [0.29, 0.717) is 21.3 Å². The maximum absolute atomic E-state index is 11.6. The quantitative estimate of drug-likeness (QED) is 0.519. The lowest BCUT2D eigenvalue weighted by molar-refractivity contribution is 0.0674. The molecule has 0 bridgehead atoms. The molecule has 0 fully saturated rings. The molecule has 27 heavy (non-hydrogen) atoms. The molecule has 10 heteroatoms. The number of carboxylic acid groups (broad SMARTS) is 2. The molecule has 1 aromatic carbocycles. The Hall–Kier alpha value is -3.17. The Kier molecular flexibility index (Phi) is 4.17. The zero-order valence-corrected chi connectivity index (χ0v) is 15.0. The zero-order chi connectivity index (χ0) is 19.1. The number of aromatic nitrogens is 3. The Labute approximate surface area is 160 Å². The Morgan fingerprint density at radius 3 is 2.63 bits per heavy atom. The van der Waals surface area contributed by atoms with Crippen LogP contribution in [-0.2, 0) is 6.54 Å². The smallest absolute Gasteiger partial charge is 0.372 e. The van der Waals surface area contributed by atoms with Crippen molar-refractivity contribution in [1.82, 2.24) is 14.7 Å². The number of hydrogen-bond donors (Lipinski definition) is 2. The molecule has 136 valence electrons. The van der Waals surface area contributed by atoms with Crippen molar-refractivity contribution in [3.8, 4) is 10.6 Å². The van der Waals surface area contributed by atoms with Crippen LogP contribution < -0.4 is 0 Å². The third-order valence-corrected chi connectivity index (χ3v) is 5.13. The van der Waals surface area contributed by atoms with Gasteiger partial charge in [0, 0.05) is 6.07 Å². The Morgan fingerprint density at radius 2 is 1.96 bits per heavy atom. The van der Waals surface area contributed by atoms with Crippen LogP contribution in [0, 0.1) is 0 Å². The summed E-state index contributed by atoms with van der Waals surface area (Å²) < 4.78 is 7.39. The largest absolute Gasteiger partial charge is 0.478 e. The van der Waals surface area contributed by atoms with E-state index in [1.807, 2.05) is 0 Å². The summed E-state index contributed by atoms with van der Waals surface area (Å²) in [6.45, 7) is 0.104. The fourth-order valence-electron chi connectivity index (χ4n) is 2.70. The highest BCUT2D eigenvalue weighted by Gasteiger charge is 2.20. The molecular formula is C17H10ClN3O5S. The highest BCUT2D eigenvalue weighted by atomic mass is 35.5. The summed E-state index contributed by atoms with van der Waals surface area (Å²) in [5.41, 5.74) is 1.29. The molecule has 0 amide bonds. The summed E-state index contributed by atoms with van der Waals surface area (Å²) in [5.74, 6) is -2.02. The first kappa shape index (κ1) is 17.3. The molecule has 3 heterocycles. The number of aromatic carboxylic acids is 2. The lowest BCUT2D eigenvalue weighted by atomic mass is 10.2. The number of rotatable bonds is 5. The van der Waals surface area contributed by atoms with Gasteiger partial charge in [0.1, 0.15) is 5.69 Å². The van der Waals surface area contributed by atoms with Crippen LogP contribution in [0.3, 0.4) is 0 Å². The van der Waals surface area contributed by atoms with Crippen LogP contribution in [0.15, 0.2) is 40.9 Å². The van der Waals surface area contributed by atoms with Gasteiger partial charge in [-0.05, 0) is 30.3 Å². The van der Waals surface area contributed by atoms with Crippen molar-refractivity contribution in [3.05, 3.63) is 57.8 Å². The molecule has 3 aromatic heterocycles. The summed E-state index contributed by atoms with van der Waals surface area (Å²) in [6, 6.07) is 9.51. The molecule has 8 nitrogen and oxygen atoms in total. The first-order chi connectivity index (χ1) is 12.9. The van der Waals surface area contributed by atoms with E-state index in [1.165, 1.54) is 34.1 Å². The second-order valence-electron chi connectivity index (χ2n) is 5.62. The van der Waals surface area contributed by atoms with Crippen molar-refractivity contribution >= 4 is 45.9 Å². The number of nitrogens with zero attached hydrogens (tertiary/aromatic N) is 3. The van der Waals surface area contributed by atoms with Gasteiger partial charge in [0.25, 0.3) is 0 Å². The van der Waals surface area contributed by atoms with E-state index in [9.17, 15) is 14.7 Å². The number of carbonyl (C=O) groups is 2. The topological polar surface area (TPSA) is 118 Å². The molecule has 2 N–H and O–H groups in total. The van der Waals surface area contributed by atoms with Gasteiger partial charge in [-0.25, -0.2) is 14.6 Å². The zero-order valence-electron chi connectivity index (χ0n) is 13.4. The molecule has 0 spiro atoms. The maximum atomic E-state index is 11.6. The molecule has 0 saturated carbocycles. The van der Waals surface area contributed by atoms with E-state index in [0.717, 1.165) is 4.88 Å². The summed E-state index contributed by atoms with van der Waals surface area (Å²) in [4.78, 5) is 27.5. The minimum absolute atomic E-state index is 0.0300. The van der Waals surface area contributed by atoms with Crippen molar-refractivity contribution in [2.45, 2.75) is 6.54 Å². The standard InChI is InChI=1S/C17H10ClN3O5S/c18-14-4-3-13(27-14)12-6-9(20-26-12)7-21-11-2-1-8(16(22)23)5-10(11)19-15(21)17(24)25/h1-6H,7H2,(H,22,23)(H,24,25). The molecule has 0 atom stereocenters. The van der Waals surface area contributed by atoms with E-state index in [2.05, 4.69) is 10.1 Å². The number of benzene rings is 1. The lowest BCUT2D eigenvalue weighted by Crippen LogP contribution is -2.10. The van der Waals surface area contributed by atoms with Gasteiger partial charge in [0.15, 0.2) is 5.76 Å². The predicted octanol–water partition coefficient (Wildman–Crippen LogP) is 3.85. The molecule has 0 aliphatic rings. The summed E-state index contributed by atoms with van der Waals surface area (Å²) in [7, 11) is 0. The van der Waals surface area contributed by atoms with Crippen LogP contribution >= 0.6 is 22.9 Å². The van der Waals surface area contributed by atoms with Crippen molar-refractivity contribution in [1.29, 1.82) is 0 Å². The second-order valence-corrected chi connectivity index (χ2v) is 7.34. The second kappa shape index (κ2) is 6.53. The summed E-state index contributed by atoms with van der Waals surface area (Å²) >= 11 is 7.27. The van der Waals surface area contributed by atoms with Gasteiger partial charge >= 0.3 is 11.9 Å². The number of thiophene rings is 1. The van der Waals surface area contributed by atoms with Crippen molar-refractivity contribution in [2.75, 3.05) is 0 Å². The first-order valence-electron chi connectivity index (χ1n) is 7.60. The summed E-state index contributed by atoms with van der Waals surface area (Å²) in [5, 5.41) is 22.5. The number of fused-ring (bicyclic) bond motifs is 1. The number of carboxylic acids is 2. The lowest BCUT2D eigenvalue weighted by Gasteiger charge is -2.04. The van der Waals surface area contributed by atoms with Crippen LogP contribution in [0.4, 0.5) is 0 Å². The molecule has 4 aromatic rings. The Morgan fingerprint density at radius 1 is 1.15 bits per heavy atom. The van der Waals surface area contributed by atoms with Crippen LogP contribution in [0.25, 0.3) is 21.7 Å². The molecule has 0 radical (unpaired) electrons. The van der Waals surface area contributed by atoms with E-state index in [1.54, 1.807) is 18.2 Å². The molecule has 0 saturated heterocycles. The third kappa shape index (κ3) is 3.18. The van der Waals surface area contributed by atoms with Crippen molar-refractivity contribution < 1.29 is 24.3 Å².